The van der Waals surface area contributed by atoms with Crippen molar-refractivity contribution in [3.05, 3.63) is 88.8 Å². The summed E-state index contributed by atoms with van der Waals surface area (Å²) in [6.07, 6.45) is 10.7. The predicted molar refractivity (Wildman–Crippen MR) is 133 cm³/mol. The van der Waals surface area contributed by atoms with Crippen molar-refractivity contribution in [3.63, 3.8) is 0 Å². The third-order valence-corrected chi connectivity index (χ3v) is 5.88. The van der Waals surface area contributed by atoms with Crippen LogP contribution in [0.4, 0.5) is 0 Å². The van der Waals surface area contributed by atoms with Crippen LogP contribution in [0.5, 0.6) is 5.75 Å². The molecule has 0 bridgehead atoms. The van der Waals surface area contributed by atoms with Crippen LogP contribution in [0, 0.1) is 0 Å². The molecule has 0 saturated heterocycles. The van der Waals surface area contributed by atoms with E-state index in [0.29, 0.717) is 13.2 Å². The fourth-order valence-corrected chi connectivity index (χ4v) is 4.21. The summed E-state index contributed by atoms with van der Waals surface area (Å²) in [7, 11) is 4.14. The third kappa shape index (κ3) is 5.38. The lowest BCUT2D eigenvalue weighted by molar-refractivity contribution is 0.282. The minimum Gasteiger partial charge on any atom is -0.494 e. The average Bonchev–Trinajstić information content (AvgIpc) is 2.82. The standard InChI is InChI=1S/C28H32N2O2/c1-29(2)17-9-19-32-24-14-15-27-26(20-24)25(23-12-7-4-8-13-23)21-28(31)30(27)18-16-22-10-5-3-6-11-22/h4-5,7-8,10-15,20-21H,3,6,9,16-19H2,1-2H3. The first kappa shape index (κ1) is 22.1. The molecule has 4 nitrogen and oxygen atoms in total. The number of ether oxygens (including phenoxy) is 1. The van der Waals surface area contributed by atoms with Crippen molar-refractivity contribution in [1.29, 1.82) is 0 Å². The molecule has 4 heteroatoms. The first-order valence-electron chi connectivity index (χ1n) is 11.5. The maximum absolute atomic E-state index is 13.1. The maximum atomic E-state index is 13.1. The summed E-state index contributed by atoms with van der Waals surface area (Å²) in [6, 6.07) is 18.0. The van der Waals surface area contributed by atoms with Crippen molar-refractivity contribution in [3.8, 4) is 16.9 Å². The minimum absolute atomic E-state index is 0.0383. The largest absolute Gasteiger partial charge is 0.494 e. The lowest BCUT2D eigenvalue weighted by Crippen LogP contribution is -2.20. The Balaban J connectivity index is 1.69. The number of hydrogen-bond acceptors (Lipinski definition) is 3. The van der Waals surface area contributed by atoms with E-state index in [4.69, 9.17) is 4.74 Å². The number of aromatic nitrogens is 1. The first-order valence-corrected chi connectivity index (χ1v) is 11.5. The molecule has 3 aromatic rings. The van der Waals surface area contributed by atoms with Gasteiger partial charge in [0, 0.05) is 24.5 Å². The zero-order chi connectivity index (χ0) is 22.3. The van der Waals surface area contributed by atoms with E-state index in [2.05, 4.69) is 55.4 Å². The van der Waals surface area contributed by atoms with Crippen molar-refractivity contribution in [2.24, 2.45) is 0 Å². The molecule has 0 radical (unpaired) electrons. The topological polar surface area (TPSA) is 34.5 Å². The van der Waals surface area contributed by atoms with Gasteiger partial charge in [0.05, 0.1) is 12.1 Å². The number of fused-ring (bicyclic) bond motifs is 1. The molecule has 0 amide bonds. The molecule has 1 aliphatic rings. The molecule has 32 heavy (non-hydrogen) atoms. The van der Waals surface area contributed by atoms with Gasteiger partial charge in [-0.25, -0.2) is 0 Å². The number of aryl methyl sites for hydroxylation is 1. The first-order chi connectivity index (χ1) is 15.6. The fraction of sp³-hybridized carbons (Fsp3) is 0.321. The molecule has 1 aliphatic carbocycles. The van der Waals surface area contributed by atoms with Crippen molar-refractivity contribution in [2.75, 3.05) is 27.2 Å². The molecular formula is C28H32N2O2. The van der Waals surface area contributed by atoms with Gasteiger partial charge in [0.25, 0.3) is 5.56 Å². The quantitative estimate of drug-likeness (QED) is 0.412. The van der Waals surface area contributed by atoms with E-state index >= 15 is 0 Å². The summed E-state index contributed by atoms with van der Waals surface area (Å²) >= 11 is 0. The predicted octanol–water partition coefficient (Wildman–Crippen LogP) is 5.67. The molecule has 4 rings (SSSR count). The molecule has 0 atom stereocenters. The zero-order valence-corrected chi connectivity index (χ0v) is 19.1. The van der Waals surface area contributed by atoms with E-state index in [-0.39, 0.29) is 5.56 Å². The van der Waals surface area contributed by atoms with Crippen LogP contribution >= 0.6 is 0 Å². The zero-order valence-electron chi connectivity index (χ0n) is 19.1. The Hall–Kier alpha value is -3.11. The maximum Gasteiger partial charge on any atom is 0.251 e. The number of pyridine rings is 1. The van der Waals surface area contributed by atoms with E-state index in [1.54, 1.807) is 6.07 Å². The number of allylic oxidation sites excluding steroid dienone is 4. The Morgan fingerprint density at radius 3 is 2.62 bits per heavy atom. The van der Waals surface area contributed by atoms with E-state index in [1.165, 1.54) is 5.57 Å². The van der Waals surface area contributed by atoms with Gasteiger partial charge in [-0.15, -0.1) is 0 Å². The summed E-state index contributed by atoms with van der Waals surface area (Å²) < 4.78 is 7.95. The van der Waals surface area contributed by atoms with E-state index in [0.717, 1.165) is 60.0 Å². The van der Waals surface area contributed by atoms with Gasteiger partial charge in [-0.05, 0) is 69.1 Å². The fourth-order valence-electron chi connectivity index (χ4n) is 4.21. The summed E-state index contributed by atoms with van der Waals surface area (Å²) in [6.45, 7) is 2.33. The SMILES string of the molecule is CN(C)CCCOc1ccc2c(c1)c(-c1ccccc1)cc(=O)n2CCC1=CCCC=C1. The van der Waals surface area contributed by atoms with Crippen molar-refractivity contribution in [2.45, 2.75) is 32.2 Å². The third-order valence-electron chi connectivity index (χ3n) is 5.88. The lowest BCUT2D eigenvalue weighted by atomic mass is 10.00. The lowest BCUT2D eigenvalue weighted by Gasteiger charge is -2.16. The van der Waals surface area contributed by atoms with Crippen LogP contribution in [0.3, 0.4) is 0 Å². The van der Waals surface area contributed by atoms with Crippen LogP contribution < -0.4 is 10.3 Å². The molecule has 2 aromatic carbocycles. The highest BCUT2D eigenvalue weighted by molar-refractivity contribution is 5.95. The van der Waals surface area contributed by atoms with E-state index in [1.807, 2.05) is 34.9 Å². The van der Waals surface area contributed by atoms with Gasteiger partial charge in [0.2, 0.25) is 0 Å². The molecule has 1 aromatic heterocycles. The van der Waals surface area contributed by atoms with Crippen LogP contribution in [0.15, 0.2) is 83.2 Å². The summed E-state index contributed by atoms with van der Waals surface area (Å²) in [5, 5.41) is 1.05. The Morgan fingerprint density at radius 1 is 1.03 bits per heavy atom. The van der Waals surface area contributed by atoms with Crippen molar-refractivity contribution >= 4 is 10.9 Å². The average molecular weight is 429 g/mol. The smallest absolute Gasteiger partial charge is 0.251 e. The monoisotopic (exact) mass is 428 g/mol. The van der Waals surface area contributed by atoms with Crippen LogP contribution in [-0.4, -0.2) is 36.7 Å². The van der Waals surface area contributed by atoms with Crippen molar-refractivity contribution in [1.82, 2.24) is 9.47 Å². The Kier molecular flexibility index (Phi) is 7.23. The van der Waals surface area contributed by atoms with Gasteiger partial charge >= 0.3 is 0 Å². The second-order valence-electron chi connectivity index (χ2n) is 8.61. The number of hydrogen-bond donors (Lipinski definition) is 0. The number of benzene rings is 2. The second-order valence-corrected chi connectivity index (χ2v) is 8.61. The van der Waals surface area contributed by atoms with Gasteiger partial charge in [-0.2, -0.15) is 0 Å². The molecule has 0 N–H and O–H groups in total. The van der Waals surface area contributed by atoms with Gasteiger partial charge in [-0.1, -0.05) is 54.1 Å². The van der Waals surface area contributed by atoms with Gasteiger partial charge in [0.15, 0.2) is 0 Å². The van der Waals surface area contributed by atoms with E-state index < -0.39 is 0 Å². The summed E-state index contributed by atoms with van der Waals surface area (Å²) in [5.41, 5.74) is 4.31. The van der Waals surface area contributed by atoms with Gasteiger partial charge in [0.1, 0.15) is 5.75 Å². The number of rotatable bonds is 9. The normalized spacial score (nSPS) is 13.5. The molecule has 0 fully saturated rings. The number of nitrogens with zero attached hydrogens (tertiary/aromatic N) is 2. The minimum atomic E-state index is 0.0383. The highest BCUT2D eigenvalue weighted by atomic mass is 16.5. The van der Waals surface area contributed by atoms with Gasteiger partial charge < -0.3 is 14.2 Å². The van der Waals surface area contributed by atoms with Gasteiger partial charge in [-0.3, -0.25) is 4.79 Å². The second kappa shape index (κ2) is 10.5. The molecule has 166 valence electrons. The molecule has 0 spiro atoms. The molecular weight excluding hydrogens is 396 g/mol. The molecule has 1 heterocycles. The summed E-state index contributed by atoms with van der Waals surface area (Å²) in [5.74, 6) is 0.844. The molecule has 0 unspecified atom stereocenters. The Morgan fingerprint density at radius 2 is 1.88 bits per heavy atom. The van der Waals surface area contributed by atoms with E-state index in [9.17, 15) is 4.79 Å². The molecule has 0 saturated carbocycles. The van der Waals surface area contributed by atoms with Crippen LogP contribution in [-0.2, 0) is 6.54 Å². The van der Waals surface area contributed by atoms with Crippen LogP contribution in [0.1, 0.15) is 25.7 Å². The van der Waals surface area contributed by atoms with Crippen LogP contribution in [0.25, 0.3) is 22.0 Å². The highest BCUT2D eigenvalue weighted by Gasteiger charge is 2.12. The Labute approximate surface area is 190 Å². The van der Waals surface area contributed by atoms with Crippen LogP contribution in [0.2, 0.25) is 0 Å². The van der Waals surface area contributed by atoms with Crippen molar-refractivity contribution < 1.29 is 4.74 Å². The molecule has 0 aliphatic heterocycles. The Bertz CT molecular complexity index is 1170. The summed E-state index contributed by atoms with van der Waals surface area (Å²) in [4.78, 5) is 15.3. The highest BCUT2D eigenvalue weighted by Crippen LogP contribution is 2.30.